The predicted octanol–water partition coefficient (Wildman–Crippen LogP) is 2.84. The van der Waals surface area contributed by atoms with Crippen LogP contribution in [0.2, 0.25) is 0 Å². The molecule has 3 N–H and O–H groups in total. The number of ether oxygens (including phenoxy) is 2. The fourth-order valence-corrected chi connectivity index (χ4v) is 2.18. The largest absolute Gasteiger partial charge is 0.490 e. The second-order valence-electron chi connectivity index (χ2n) is 6.51. The molecule has 0 saturated carbocycles. The highest BCUT2D eigenvalue weighted by atomic mass is 127. The molecule has 0 atom stereocenters. The highest BCUT2D eigenvalue weighted by molar-refractivity contribution is 14.0. The molecule has 0 bridgehead atoms. The summed E-state index contributed by atoms with van der Waals surface area (Å²) in [5.41, 5.74) is 1.04. The number of aliphatic imine (C=N–C) groups is 1. The number of halogens is 1. The lowest BCUT2D eigenvalue weighted by atomic mass is 10.1. The van der Waals surface area contributed by atoms with E-state index in [4.69, 9.17) is 9.47 Å². The second kappa shape index (κ2) is 9.93. The maximum Gasteiger partial charge on any atom is 0.195 e. The molecule has 1 aliphatic heterocycles. The smallest absolute Gasteiger partial charge is 0.195 e. The summed E-state index contributed by atoms with van der Waals surface area (Å²) >= 11 is 0. The van der Waals surface area contributed by atoms with E-state index in [1.807, 2.05) is 18.2 Å². The molecule has 1 aromatic rings. The van der Waals surface area contributed by atoms with E-state index in [1.165, 1.54) is 0 Å². The average molecular weight is 448 g/mol. The molecule has 1 aromatic carbocycles. The first-order valence-electron chi connectivity index (χ1n) is 8.10. The van der Waals surface area contributed by atoms with E-state index in [-0.39, 0.29) is 29.5 Å². The first-order chi connectivity index (χ1) is 11.0. The Morgan fingerprint density at radius 1 is 1.12 bits per heavy atom. The van der Waals surface area contributed by atoms with Gasteiger partial charge in [0.1, 0.15) is 0 Å². The molecule has 0 saturated heterocycles. The molecule has 2 rings (SSSR count). The summed E-state index contributed by atoms with van der Waals surface area (Å²) in [6.07, 6.45) is 0.904. The zero-order valence-electron chi connectivity index (χ0n) is 14.9. The zero-order valence-corrected chi connectivity index (χ0v) is 17.3. The molecular weight excluding hydrogens is 419 g/mol. The van der Waals surface area contributed by atoms with E-state index >= 15 is 0 Å². The van der Waals surface area contributed by atoms with Crippen molar-refractivity contribution >= 4 is 35.6 Å². The van der Waals surface area contributed by atoms with Crippen LogP contribution >= 0.6 is 24.0 Å². The van der Waals surface area contributed by atoms with E-state index in [0.717, 1.165) is 42.7 Å². The summed E-state index contributed by atoms with van der Waals surface area (Å²) in [5.74, 6) is 2.30. The van der Waals surface area contributed by atoms with Crippen LogP contribution in [0.4, 0.5) is 5.69 Å². The van der Waals surface area contributed by atoms with Gasteiger partial charge in [0, 0.05) is 43.9 Å². The number of anilines is 1. The number of fused-ring (bicyclic) bond motifs is 1. The van der Waals surface area contributed by atoms with Gasteiger partial charge in [0.15, 0.2) is 17.5 Å². The Hall–Kier alpha value is -1.22. The van der Waals surface area contributed by atoms with Gasteiger partial charge in [-0.25, -0.2) is 0 Å². The standard InChI is InChI=1S/C17H28N4O2.HI/c1-17(2,3)20-9-8-19-16(18-4)21-13-6-7-14-15(12-13)23-11-5-10-22-14;/h6-7,12,20H,5,8-11H2,1-4H3,(H2,18,19,21);1H. The van der Waals surface area contributed by atoms with Gasteiger partial charge in [-0.3, -0.25) is 4.99 Å². The zero-order chi connectivity index (χ0) is 16.7. The molecule has 24 heavy (non-hydrogen) atoms. The highest BCUT2D eigenvalue weighted by Gasteiger charge is 2.11. The fraction of sp³-hybridized carbons (Fsp3) is 0.588. The summed E-state index contributed by atoms with van der Waals surface area (Å²) in [6.45, 7) is 9.49. The minimum Gasteiger partial charge on any atom is -0.490 e. The molecular formula is C17H29IN4O2. The van der Waals surface area contributed by atoms with E-state index in [0.29, 0.717) is 13.2 Å². The average Bonchev–Trinajstić information content (AvgIpc) is 2.74. The van der Waals surface area contributed by atoms with Gasteiger partial charge in [-0.2, -0.15) is 0 Å². The Labute approximate surface area is 161 Å². The monoisotopic (exact) mass is 448 g/mol. The lowest BCUT2D eigenvalue weighted by Crippen LogP contribution is -2.42. The Balaban J connectivity index is 0.00000288. The Kier molecular flexibility index (Phi) is 8.61. The maximum atomic E-state index is 5.71. The Morgan fingerprint density at radius 2 is 1.83 bits per heavy atom. The number of hydrogen-bond acceptors (Lipinski definition) is 4. The molecule has 6 nitrogen and oxygen atoms in total. The van der Waals surface area contributed by atoms with Gasteiger partial charge < -0.3 is 25.4 Å². The number of hydrogen-bond donors (Lipinski definition) is 3. The second-order valence-corrected chi connectivity index (χ2v) is 6.51. The molecule has 1 heterocycles. The first-order valence-corrected chi connectivity index (χ1v) is 8.10. The summed E-state index contributed by atoms with van der Waals surface area (Å²) < 4.78 is 11.3. The van der Waals surface area contributed by atoms with E-state index < -0.39 is 0 Å². The normalized spacial score (nSPS) is 14.4. The molecule has 0 unspecified atom stereocenters. The molecule has 0 aromatic heterocycles. The van der Waals surface area contributed by atoms with Crippen molar-refractivity contribution in [1.29, 1.82) is 0 Å². The van der Waals surface area contributed by atoms with Crippen molar-refractivity contribution < 1.29 is 9.47 Å². The number of nitrogens with zero attached hydrogens (tertiary/aromatic N) is 1. The van der Waals surface area contributed by atoms with Gasteiger partial charge in [-0.1, -0.05) is 0 Å². The first kappa shape index (κ1) is 20.8. The van der Waals surface area contributed by atoms with Crippen molar-refractivity contribution in [2.24, 2.45) is 4.99 Å². The van der Waals surface area contributed by atoms with E-state index in [9.17, 15) is 0 Å². The van der Waals surface area contributed by atoms with Gasteiger partial charge >= 0.3 is 0 Å². The maximum absolute atomic E-state index is 5.71. The molecule has 0 fully saturated rings. The van der Waals surface area contributed by atoms with E-state index in [1.54, 1.807) is 7.05 Å². The minimum absolute atomic E-state index is 0. The van der Waals surface area contributed by atoms with Crippen LogP contribution in [-0.2, 0) is 0 Å². The number of guanidine groups is 1. The molecule has 7 heteroatoms. The van der Waals surface area contributed by atoms with Gasteiger partial charge in [0.2, 0.25) is 0 Å². The van der Waals surface area contributed by atoms with Crippen LogP contribution in [0.15, 0.2) is 23.2 Å². The van der Waals surface area contributed by atoms with Crippen LogP contribution in [-0.4, -0.2) is 44.8 Å². The molecule has 0 spiro atoms. The van der Waals surface area contributed by atoms with Crippen LogP contribution in [0, 0.1) is 0 Å². The third kappa shape index (κ3) is 7.12. The molecule has 0 aliphatic carbocycles. The lowest BCUT2D eigenvalue weighted by molar-refractivity contribution is 0.297. The predicted molar refractivity (Wildman–Crippen MR) is 110 cm³/mol. The van der Waals surface area contributed by atoms with Gasteiger partial charge in [-0.15, -0.1) is 24.0 Å². The fourth-order valence-electron chi connectivity index (χ4n) is 2.18. The van der Waals surface area contributed by atoms with Gasteiger partial charge in [0.05, 0.1) is 13.2 Å². The van der Waals surface area contributed by atoms with Crippen molar-refractivity contribution in [3.8, 4) is 11.5 Å². The number of benzene rings is 1. The Bertz CT molecular complexity index is 544. The van der Waals surface area contributed by atoms with Crippen molar-refractivity contribution in [2.75, 3.05) is 38.7 Å². The molecule has 0 amide bonds. The van der Waals surface area contributed by atoms with Crippen molar-refractivity contribution in [3.63, 3.8) is 0 Å². The minimum atomic E-state index is 0. The quantitative estimate of drug-likeness (QED) is 0.286. The van der Waals surface area contributed by atoms with Crippen molar-refractivity contribution in [3.05, 3.63) is 18.2 Å². The summed E-state index contributed by atoms with van der Waals surface area (Å²) in [4.78, 5) is 4.24. The third-order valence-electron chi connectivity index (χ3n) is 3.31. The van der Waals surface area contributed by atoms with E-state index in [2.05, 4.69) is 41.7 Å². The van der Waals surface area contributed by atoms with Crippen molar-refractivity contribution in [1.82, 2.24) is 10.6 Å². The SMILES string of the molecule is CN=C(NCCNC(C)(C)C)Nc1ccc2c(c1)OCCCO2.I. The molecule has 0 radical (unpaired) electrons. The van der Waals surface area contributed by atoms with Crippen LogP contribution in [0.5, 0.6) is 11.5 Å². The van der Waals surface area contributed by atoms with Gasteiger partial charge in [0.25, 0.3) is 0 Å². The van der Waals surface area contributed by atoms with Crippen LogP contribution < -0.4 is 25.4 Å². The molecule has 1 aliphatic rings. The number of nitrogens with one attached hydrogen (secondary N) is 3. The topological polar surface area (TPSA) is 66.9 Å². The van der Waals surface area contributed by atoms with Crippen LogP contribution in [0.3, 0.4) is 0 Å². The molecule has 136 valence electrons. The summed E-state index contributed by atoms with van der Waals surface area (Å²) in [6, 6.07) is 5.84. The highest BCUT2D eigenvalue weighted by Crippen LogP contribution is 2.32. The van der Waals surface area contributed by atoms with Crippen LogP contribution in [0.1, 0.15) is 27.2 Å². The van der Waals surface area contributed by atoms with Crippen molar-refractivity contribution in [2.45, 2.75) is 32.7 Å². The lowest BCUT2D eigenvalue weighted by Gasteiger charge is -2.21. The summed E-state index contributed by atoms with van der Waals surface area (Å²) in [5, 5.41) is 9.99. The Morgan fingerprint density at radius 3 is 2.50 bits per heavy atom. The number of rotatable bonds is 4. The van der Waals surface area contributed by atoms with Gasteiger partial charge in [-0.05, 0) is 32.9 Å². The third-order valence-corrected chi connectivity index (χ3v) is 3.31. The van der Waals surface area contributed by atoms with Crippen LogP contribution in [0.25, 0.3) is 0 Å². The summed E-state index contributed by atoms with van der Waals surface area (Å²) in [7, 11) is 1.76.